The Bertz CT molecular complexity index is 1280. The highest BCUT2D eigenvalue weighted by Gasteiger charge is 2.34. The standard InChI is InChI=1S/C33H31NO3/c35-22-12-11-21-33(25-13-3-1-4-14-25,26-15-5-2-6-16-26)24-34-32(36)37-23-31-29-19-9-7-17-27(29)28-18-8-10-20-30(28)31/h1-20,31,35H,21-24H2,(H,34,36)/b12-11-. The van der Waals surface area contributed by atoms with Gasteiger partial charge in [-0.15, -0.1) is 0 Å². The number of allylic oxidation sites excluding steroid dienone is 1. The number of benzene rings is 4. The van der Waals surface area contributed by atoms with Crippen LogP contribution in [0, 0.1) is 0 Å². The quantitative estimate of drug-likeness (QED) is 0.266. The summed E-state index contributed by atoms with van der Waals surface area (Å²) in [6.07, 6.45) is 3.89. The Morgan fingerprint density at radius 1 is 0.757 bits per heavy atom. The molecule has 4 heteroatoms. The van der Waals surface area contributed by atoms with Crippen molar-refractivity contribution in [1.82, 2.24) is 5.32 Å². The number of ether oxygens (including phenoxy) is 1. The smallest absolute Gasteiger partial charge is 0.407 e. The molecule has 0 radical (unpaired) electrons. The maximum Gasteiger partial charge on any atom is 0.407 e. The summed E-state index contributed by atoms with van der Waals surface area (Å²) >= 11 is 0. The molecule has 0 spiro atoms. The fraction of sp³-hybridized carbons (Fsp3) is 0.182. The Hall–Kier alpha value is -4.15. The van der Waals surface area contributed by atoms with Gasteiger partial charge in [0.05, 0.1) is 6.61 Å². The number of fused-ring (bicyclic) bond motifs is 3. The van der Waals surface area contributed by atoms with Crippen LogP contribution in [0.2, 0.25) is 0 Å². The van der Waals surface area contributed by atoms with Crippen LogP contribution in [-0.2, 0) is 10.2 Å². The summed E-state index contributed by atoms with van der Waals surface area (Å²) in [5.41, 5.74) is 6.44. The number of aliphatic hydroxyl groups is 1. The predicted molar refractivity (Wildman–Crippen MR) is 148 cm³/mol. The van der Waals surface area contributed by atoms with Gasteiger partial charge >= 0.3 is 6.09 Å². The van der Waals surface area contributed by atoms with Gasteiger partial charge in [-0.2, -0.15) is 0 Å². The zero-order valence-corrected chi connectivity index (χ0v) is 20.7. The molecule has 5 rings (SSSR count). The van der Waals surface area contributed by atoms with Gasteiger partial charge in [0.1, 0.15) is 6.61 Å². The average Bonchev–Trinajstić information content (AvgIpc) is 3.28. The van der Waals surface area contributed by atoms with Crippen LogP contribution in [0.4, 0.5) is 4.79 Å². The molecule has 4 aromatic rings. The van der Waals surface area contributed by atoms with E-state index < -0.39 is 11.5 Å². The summed E-state index contributed by atoms with van der Waals surface area (Å²) in [4.78, 5) is 13.1. The van der Waals surface area contributed by atoms with Gasteiger partial charge < -0.3 is 15.2 Å². The van der Waals surface area contributed by atoms with Crippen molar-refractivity contribution in [3.63, 3.8) is 0 Å². The van der Waals surface area contributed by atoms with E-state index >= 15 is 0 Å². The number of hydrogen-bond acceptors (Lipinski definition) is 3. The molecule has 1 aliphatic carbocycles. The second kappa shape index (κ2) is 11.3. The van der Waals surface area contributed by atoms with Gasteiger partial charge in [0.2, 0.25) is 0 Å². The van der Waals surface area contributed by atoms with Crippen molar-refractivity contribution >= 4 is 6.09 Å². The summed E-state index contributed by atoms with van der Waals surface area (Å²) in [7, 11) is 0. The molecule has 186 valence electrons. The number of aliphatic hydroxyl groups excluding tert-OH is 1. The van der Waals surface area contributed by atoms with E-state index in [2.05, 4.69) is 53.8 Å². The number of alkyl carbamates (subject to hydrolysis) is 1. The minimum Gasteiger partial charge on any atom is -0.449 e. The van der Waals surface area contributed by atoms with Crippen LogP contribution in [0.15, 0.2) is 121 Å². The lowest BCUT2D eigenvalue weighted by molar-refractivity contribution is 0.141. The highest BCUT2D eigenvalue weighted by atomic mass is 16.5. The molecule has 0 heterocycles. The summed E-state index contributed by atoms with van der Waals surface area (Å²) in [6, 6.07) is 37.0. The van der Waals surface area contributed by atoms with Crippen LogP contribution in [-0.4, -0.2) is 31.0 Å². The predicted octanol–water partition coefficient (Wildman–Crippen LogP) is 6.45. The van der Waals surface area contributed by atoms with Gasteiger partial charge in [0, 0.05) is 17.9 Å². The van der Waals surface area contributed by atoms with E-state index in [0.29, 0.717) is 13.0 Å². The van der Waals surface area contributed by atoms with Crippen molar-refractivity contribution < 1.29 is 14.6 Å². The first kappa shape index (κ1) is 24.5. The zero-order valence-electron chi connectivity index (χ0n) is 20.7. The summed E-state index contributed by atoms with van der Waals surface area (Å²) in [6.45, 7) is 0.598. The third kappa shape index (κ3) is 5.07. The first-order valence-corrected chi connectivity index (χ1v) is 12.7. The molecule has 0 unspecified atom stereocenters. The van der Waals surface area contributed by atoms with Crippen LogP contribution in [0.5, 0.6) is 0 Å². The number of rotatable bonds is 9. The van der Waals surface area contributed by atoms with Crippen molar-refractivity contribution in [2.45, 2.75) is 17.8 Å². The lowest BCUT2D eigenvalue weighted by atomic mass is 9.72. The molecule has 0 bridgehead atoms. The molecule has 37 heavy (non-hydrogen) atoms. The Morgan fingerprint density at radius 3 is 1.81 bits per heavy atom. The van der Waals surface area contributed by atoms with E-state index in [1.165, 1.54) is 22.3 Å². The van der Waals surface area contributed by atoms with Crippen LogP contribution in [0.25, 0.3) is 11.1 Å². The molecule has 0 atom stereocenters. The highest BCUT2D eigenvalue weighted by Crippen LogP contribution is 2.44. The normalized spacial score (nSPS) is 12.8. The largest absolute Gasteiger partial charge is 0.449 e. The van der Waals surface area contributed by atoms with Gasteiger partial charge in [0.15, 0.2) is 0 Å². The van der Waals surface area contributed by atoms with Crippen LogP contribution < -0.4 is 5.32 Å². The fourth-order valence-corrected chi connectivity index (χ4v) is 5.42. The number of nitrogens with one attached hydrogen (secondary N) is 1. The lowest BCUT2D eigenvalue weighted by Gasteiger charge is -2.34. The molecule has 2 N–H and O–H groups in total. The van der Waals surface area contributed by atoms with Crippen molar-refractivity contribution in [2.75, 3.05) is 19.8 Å². The SMILES string of the molecule is O=C(NCC(C/C=C\CO)(c1ccccc1)c1ccccc1)OCC1c2ccccc2-c2ccccc21. The first-order valence-electron chi connectivity index (χ1n) is 12.7. The summed E-state index contributed by atoms with van der Waals surface area (Å²) < 4.78 is 5.82. The van der Waals surface area contributed by atoms with Crippen LogP contribution in [0.3, 0.4) is 0 Å². The van der Waals surface area contributed by atoms with Crippen molar-refractivity contribution in [3.05, 3.63) is 144 Å². The molecular weight excluding hydrogens is 458 g/mol. The van der Waals surface area contributed by atoms with Crippen LogP contribution >= 0.6 is 0 Å². The third-order valence-corrected chi connectivity index (χ3v) is 7.27. The van der Waals surface area contributed by atoms with E-state index in [1.807, 2.05) is 66.7 Å². The maximum atomic E-state index is 13.1. The second-order valence-electron chi connectivity index (χ2n) is 9.35. The number of hydrogen-bond donors (Lipinski definition) is 2. The molecule has 4 aromatic carbocycles. The van der Waals surface area contributed by atoms with Crippen molar-refractivity contribution in [3.8, 4) is 11.1 Å². The van der Waals surface area contributed by atoms with Gasteiger partial charge in [-0.3, -0.25) is 0 Å². The van der Waals surface area contributed by atoms with Gasteiger partial charge in [-0.1, -0.05) is 121 Å². The average molecular weight is 490 g/mol. The molecule has 0 aliphatic heterocycles. The lowest BCUT2D eigenvalue weighted by Crippen LogP contribution is -2.42. The number of carbonyl (C=O) groups excluding carboxylic acids is 1. The summed E-state index contributed by atoms with van der Waals surface area (Å²) in [5.74, 6) is 0.0126. The topological polar surface area (TPSA) is 58.6 Å². The Labute approximate surface area is 218 Å². The highest BCUT2D eigenvalue weighted by molar-refractivity contribution is 5.79. The molecular formula is C33H31NO3. The minimum absolute atomic E-state index is 0.0126. The van der Waals surface area contributed by atoms with E-state index in [4.69, 9.17) is 4.74 Å². The van der Waals surface area contributed by atoms with E-state index in [-0.39, 0.29) is 19.1 Å². The molecule has 4 nitrogen and oxygen atoms in total. The van der Waals surface area contributed by atoms with Crippen LogP contribution in [0.1, 0.15) is 34.6 Å². The number of carbonyl (C=O) groups is 1. The molecule has 1 amide bonds. The van der Waals surface area contributed by atoms with Crippen molar-refractivity contribution in [2.24, 2.45) is 0 Å². The Balaban J connectivity index is 1.36. The van der Waals surface area contributed by atoms with Crippen molar-refractivity contribution in [1.29, 1.82) is 0 Å². The fourth-order valence-electron chi connectivity index (χ4n) is 5.42. The molecule has 0 fully saturated rings. The minimum atomic E-state index is -0.514. The molecule has 1 aliphatic rings. The van der Waals surface area contributed by atoms with E-state index in [9.17, 15) is 9.90 Å². The second-order valence-corrected chi connectivity index (χ2v) is 9.35. The number of amides is 1. The Morgan fingerprint density at radius 2 is 1.27 bits per heavy atom. The van der Waals surface area contributed by atoms with Gasteiger partial charge in [-0.25, -0.2) is 4.79 Å². The molecule has 0 aromatic heterocycles. The monoisotopic (exact) mass is 489 g/mol. The molecule has 0 saturated carbocycles. The Kier molecular flexibility index (Phi) is 7.48. The summed E-state index contributed by atoms with van der Waals surface area (Å²) in [5, 5.41) is 12.4. The van der Waals surface area contributed by atoms with E-state index in [1.54, 1.807) is 6.08 Å². The van der Waals surface area contributed by atoms with E-state index in [0.717, 1.165) is 11.1 Å². The third-order valence-electron chi connectivity index (χ3n) is 7.27. The molecule has 0 saturated heterocycles. The van der Waals surface area contributed by atoms with Gasteiger partial charge in [0.25, 0.3) is 0 Å². The maximum absolute atomic E-state index is 13.1. The first-order chi connectivity index (χ1) is 18.2. The zero-order chi connectivity index (χ0) is 25.5. The van der Waals surface area contributed by atoms with Gasteiger partial charge in [-0.05, 0) is 39.8 Å².